The van der Waals surface area contributed by atoms with E-state index in [1.165, 1.54) is 18.7 Å². The zero-order valence-electron chi connectivity index (χ0n) is 16.6. The number of hydrogen-bond acceptors (Lipinski definition) is 5. The third-order valence-electron chi connectivity index (χ3n) is 4.75. The smallest absolute Gasteiger partial charge is 0.234 e. The quantitative estimate of drug-likeness (QED) is 0.464. The second-order valence-electron chi connectivity index (χ2n) is 6.98. The van der Waals surface area contributed by atoms with Crippen LogP contribution in [0.3, 0.4) is 0 Å². The van der Waals surface area contributed by atoms with Crippen LogP contribution in [-0.2, 0) is 9.59 Å². The summed E-state index contributed by atoms with van der Waals surface area (Å²) in [5.41, 5.74) is 2.19. The van der Waals surface area contributed by atoms with Gasteiger partial charge in [-0.3, -0.25) is 19.2 Å². The average molecular weight is 430 g/mol. The molecule has 7 heteroatoms. The molecule has 0 fully saturated rings. The number of thioether (sulfide) groups is 1. The third-order valence-corrected chi connectivity index (χ3v) is 5.74. The highest BCUT2D eigenvalue weighted by Gasteiger charge is 2.31. The van der Waals surface area contributed by atoms with Crippen molar-refractivity contribution in [3.8, 4) is 0 Å². The SMILES string of the molecule is CC(=O)Nc1cccc(SCC(=O)Nc2cccc3c2C(=O)c2ccccc2C3=O)c1. The molecule has 4 rings (SSSR count). The summed E-state index contributed by atoms with van der Waals surface area (Å²) >= 11 is 1.30. The van der Waals surface area contributed by atoms with Crippen molar-refractivity contribution in [1.82, 2.24) is 0 Å². The van der Waals surface area contributed by atoms with Gasteiger partial charge in [-0.1, -0.05) is 42.5 Å². The minimum Gasteiger partial charge on any atom is -0.326 e. The zero-order valence-corrected chi connectivity index (χ0v) is 17.4. The second kappa shape index (κ2) is 8.57. The molecule has 2 amide bonds. The summed E-state index contributed by atoms with van der Waals surface area (Å²) in [5.74, 6) is -0.884. The fourth-order valence-corrected chi connectivity index (χ4v) is 4.21. The summed E-state index contributed by atoms with van der Waals surface area (Å²) < 4.78 is 0. The Bertz CT molecular complexity index is 1240. The van der Waals surface area contributed by atoms with Gasteiger partial charge in [0.2, 0.25) is 11.8 Å². The van der Waals surface area contributed by atoms with E-state index in [2.05, 4.69) is 10.6 Å². The van der Waals surface area contributed by atoms with E-state index in [1.54, 1.807) is 60.7 Å². The van der Waals surface area contributed by atoms with Gasteiger partial charge in [0.25, 0.3) is 0 Å². The molecule has 3 aromatic rings. The van der Waals surface area contributed by atoms with E-state index in [-0.39, 0.29) is 40.3 Å². The van der Waals surface area contributed by atoms with E-state index in [0.717, 1.165) is 4.90 Å². The Morgan fingerprint density at radius 2 is 1.48 bits per heavy atom. The predicted molar refractivity (Wildman–Crippen MR) is 120 cm³/mol. The molecule has 0 unspecified atom stereocenters. The summed E-state index contributed by atoms with van der Waals surface area (Å²) in [6.07, 6.45) is 0. The van der Waals surface area contributed by atoms with Crippen LogP contribution in [0.5, 0.6) is 0 Å². The van der Waals surface area contributed by atoms with Gasteiger partial charge in [-0.15, -0.1) is 11.8 Å². The molecular weight excluding hydrogens is 412 g/mol. The molecule has 0 atom stereocenters. The van der Waals surface area contributed by atoms with Crippen molar-refractivity contribution < 1.29 is 19.2 Å². The highest BCUT2D eigenvalue weighted by molar-refractivity contribution is 8.00. The zero-order chi connectivity index (χ0) is 22.0. The van der Waals surface area contributed by atoms with Crippen molar-refractivity contribution in [2.24, 2.45) is 0 Å². The van der Waals surface area contributed by atoms with Crippen molar-refractivity contribution in [2.45, 2.75) is 11.8 Å². The molecule has 0 spiro atoms. The van der Waals surface area contributed by atoms with Gasteiger partial charge in [0.1, 0.15) is 0 Å². The van der Waals surface area contributed by atoms with E-state index < -0.39 is 0 Å². The summed E-state index contributed by atoms with van der Waals surface area (Å²) in [6.45, 7) is 1.43. The Balaban J connectivity index is 1.51. The number of nitrogens with one attached hydrogen (secondary N) is 2. The van der Waals surface area contributed by atoms with E-state index in [9.17, 15) is 19.2 Å². The predicted octanol–water partition coefficient (Wildman–Crippen LogP) is 4.15. The van der Waals surface area contributed by atoms with E-state index in [0.29, 0.717) is 22.5 Å². The maximum Gasteiger partial charge on any atom is 0.234 e. The number of ketones is 2. The van der Waals surface area contributed by atoms with Gasteiger partial charge in [0, 0.05) is 34.2 Å². The third kappa shape index (κ3) is 4.27. The molecule has 0 aromatic heterocycles. The molecule has 6 nitrogen and oxygen atoms in total. The minimum absolute atomic E-state index is 0.103. The number of hydrogen-bond donors (Lipinski definition) is 2. The Kier molecular flexibility index (Phi) is 5.68. The molecule has 0 saturated heterocycles. The monoisotopic (exact) mass is 430 g/mol. The first-order chi connectivity index (χ1) is 14.9. The maximum atomic E-state index is 13.0. The van der Waals surface area contributed by atoms with Gasteiger partial charge in [-0.25, -0.2) is 0 Å². The molecule has 3 aromatic carbocycles. The van der Waals surface area contributed by atoms with Crippen LogP contribution in [0, 0.1) is 0 Å². The second-order valence-corrected chi connectivity index (χ2v) is 8.03. The lowest BCUT2D eigenvalue weighted by Gasteiger charge is -2.20. The molecule has 0 saturated carbocycles. The Morgan fingerprint density at radius 3 is 2.23 bits per heavy atom. The lowest BCUT2D eigenvalue weighted by Crippen LogP contribution is -2.24. The summed E-state index contributed by atoms with van der Waals surface area (Å²) in [5, 5.41) is 5.47. The molecule has 0 aliphatic heterocycles. The normalized spacial score (nSPS) is 12.0. The number of fused-ring (bicyclic) bond motifs is 2. The van der Waals surface area contributed by atoms with Crippen molar-refractivity contribution in [2.75, 3.05) is 16.4 Å². The molecule has 1 aliphatic carbocycles. The van der Waals surface area contributed by atoms with Gasteiger partial charge in [0.15, 0.2) is 11.6 Å². The topological polar surface area (TPSA) is 92.3 Å². The fraction of sp³-hybridized carbons (Fsp3) is 0.0833. The van der Waals surface area contributed by atoms with Gasteiger partial charge >= 0.3 is 0 Å². The molecule has 0 bridgehead atoms. The van der Waals surface area contributed by atoms with Crippen LogP contribution in [-0.4, -0.2) is 29.1 Å². The van der Waals surface area contributed by atoms with Crippen molar-refractivity contribution >= 4 is 46.5 Å². The van der Waals surface area contributed by atoms with Gasteiger partial charge < -0.3 is 10.6 Å². The van der Waals surface area contributed by atoms with Crippen LogP contribution < -0.4 is 10.6 Å². The van der Waals surface area contributed by atoms with Gasteiger partial charge in [-0.05, 0) is 24.3 Å². The molecule has 1 aliphatic rings. The molecular formula is C24H18N2O4S. The molecule has 2 N–H and O–H groups in total. The van der Waals surface area contributed by atoms with Crippen molar-refractivity contribution in [1.29, 1.82) is 0 Å². The molecule has 31 heavy (non-hydrogen) atoms. The van der Waals surface area contributed by atoms with Crippen molar-refractivity contribution in [3.05, 3.63) is 89.0 Å². The average Bonchev–Trinajstić information content (AvgIpc) is 2.76. The van der Waals surface area contributed by atoms with Gasteiger partial charge in [0.05, 0.1) is 17.0 Å². The van der Waals surface area contributed by atoms with E-state index in [1.807, 2.05) is 6.07 Å². The standard InChI is InChI=1S/C24H18N2O4S/c1-14(27)25-15-6-4-7-16(12-15)31-13-21(28)26-20-11-5-10-19-22(20)24(30)18-9-3-2-8-17(18)23(19)29/h2-12H,13H2,1H3,(H,25,27)(H,26,28). The number of rotatable bonds is 5. The van der Waals surface area contributed by atoms with E-state index >= 15 is 0 Å². The summed E-state index contributed by atoms with van der Waals surface area (Å²) in [4.78, 5) is 50.4. The number of anilines is 2. The lowest BCUT2D eigenvalue weighted by molar-refractivity contribution is -0.114. The van der Waals surface area contributed by atoms with Crippen LogP contribution in [0.1, 0.15) is 38.8 Å². The highest BCUT2D eigenvalue weighted by Crippen LogP contribution is 2.32. The fourth-order valence-electron chi connectivity index (χ4n) is 3.45. The number of amides is 2. The van der Waals surface area contributed by atoms with E-state index in [4.69, 9.17) is 0 Å². The largest absolute Gasteiger partial charge is 0.326 e. The molecule has 0 heterocycles. The van der Waals surface area contributed by atoms with Crippen LogP contribution in [0.25, 0.3) is 0 Å². The van der Waals surface area contributed by atoms with Crippen LogP contribution in [0.15, 0.2) is 71.6 Å². The van der Waals surface area contributed by atoms with Crippen LogP contribution >= 0.6 is 11.8 Å². The number of carbonyl (C=O) groups excluding carboxylic acids is 4. The lowest BCUT2D eigenvalue weighted by atomic mass is 9.83. The molecule has 154 valence electrons. The highest BCUT2D eigenvalue weighted by atomic mass is 32.2. The minimum atomic E-state index is -0.303. The maximum absolute atomic E-state index is 13.0. The Hall–Kier alpha value is -3.71. The Morgan fingerprint density at radius 1 is 0.806 bits per heavy atom. The summed E-state index contributed by atoms with van der Waals surface area (Å²) in [6, 6.07) is 18.7. The number of benzene rings is 3. The summed E-state index contributed by atoms with van der Waals surface area (Å²) in [7, 11) is 0. The first-order valence-electron chi connectivity index (χ1n) is 9.56. The Labute approximate surface area is 183 Å². The first-order valence-corrected chi connectivity index (χ1v) is 10.5. The number of carbonyl (C=O) groups is 4. The molecule has 0 radical (unpaired) electrons. The first kappa shape index (κ1) is 20.6. The van der Waals surface area contributed by atoms with Crippen LogP contribution in [0.4, 0.5) is 11.4 Å². The van der Waals surface area contributed by atoms with Gasteiger partial charge in [-0.2, -0.15) is 0 Å². The van der Waals surface area contributed by atoms with Crippen LogP contribution in [0.2, 0.25) is 0 Å². The van der Waals surface area contributed by atoms with Crippen molar-refractivity contribution in [3.63, 3.8) is 0 Å².